The summed E-state index contributed by atoms with van der Waals surface area (Å²) in [6.45, 7) is 8.18. The SMILES string of the molecule is CC(C(=O)O)c1cccc([C@@]2(C)CCCCC(C)(C)c3cn(nn3)Cc3c(c(F)cc4[nH]ccc34)C(=O)c3ccnc(c3)-c3nc2nn3C)c1. The lowest BCUT2D eigenvalue weighted by molar-refractivity contribution is -0.138. The summed E-state index contributed by atoms with van der Waals surface area (Å²) in [4.78, 5) is 38.8. The second-order valence-electron chi connectivity index (χ2n) is 14.2. The van der Waals surface area contributed by atoms with Gasteiger partial charge in [-0.2, -0.15) is 5.10 Å². The summed E-state index contributed by atoms with van der Waals surface area (Å²) >= 11 is 0. The number of ketones is 1. The van der Waals surface area contributed by atoms with Gasteiger partial charge in [0.05, 0.1) is 29.1 Å². The van der Waals surface area contributed by atoms with Crippen molar-refractivity contribution >= 4 is 22.7 Å². The number of hydrogen-bond donors (Lipinski definition) is 2. The van der Waals surface area contributed by atoms with Crippen molar-refractivity contribution in [3.05, 3.63) is 112 Å². The first kappa shape index (κ1) is 33.0. The van der Waals surface area contributed by atoms with Crippen LogP contribution < -0.4 is 0 Å². The molecular formula is C38H39FN8O3. The number of aromatic amines is 1. The van der Waals surface area contributed by atoms with Gasteiger partial charge < -0.3 is 10.1 Å². The number of carbonyl (C=O) groups is 2. The summed E-state index contributed by atoms with van der Waals surface area (Å²) in [5, 5.41) is 24.3. The Hall–Kier alpha value is -5.52. The van der Waals surface area contributed by atoms with E-state index in [-0.39, 0.29) is 23.1 Å². The summed E-state index contributed by atoms with van der Waals surface area (Å²) in [5.41, 5.74) is 3.14. The summed E-state index contributed by atoms with van der Waals surface area (Å²) in [5.74, 6) is -1.70. The molecule has 0 spiro atoms. The van der Waals surface area contributed by atoms with Gasteiger partial charge in [-0.05, 0) is 67.6 Å². The molecular weight excluding hydrogens is 635 g/mol. The Bertz CT molecular complexity index is 2270. The van der Waals surface area contributed by atoms with Gasteiger partial charge in [0.25, 0.3) is 0 Å². The number of fused-ring (bicyclic) bond motifs is 10. The molecule has 1 aliphatic heterocycles. The van der Waals surface area contributed by atoms with Crippen LogP contribution in [0, 0.1) is 5.82 Å². The van der Waals surface area contributed by atoms with Gasteiger partial charge in [-0.15, -0.1) is 5.10 Å². The van der Waals surface area contributed by atoms with E-state index in [2.05, 4.69) is 41.1 Å². The maximum absolute atomic E-state index is 15.9. The summed E-state index contributed by atoms with van der Waals surface area (Å²) in [7, 11) is 1.78. The van der Waals surface area contributed by atoms with Crippen LogP contribution >= 0.6 is 0 Å². The number of nitrogens with one attached hydrogen (secondary N) is 1. The minimum atomic E-state index is -0.897. The molecule has 2 N–H and O–H groups in total. The predicted octanol–water partition coefficient (Wildman–Crippen LogP) is 6.71. The number of rotatable bonds is 3. The van der Waals surface area contributed by atoms with Crippen molar-refractivity contribution in [1.29, 1.82) is 0 Å². The third-order valence-electron chi connectivity index (χ3n) is 10.3. The molecule has 1 unspecified atom stereocenters. The second-order valence-corrected chi connectivity index (χ2v) is 14.2. The molecule has 11 nitrogen and oxygen atoms in total. The molecule has 1 aliphatic rings. The summed E-state index contributed by atoms with van der Waals surface area (Å²) < 4.78 is 19.3. The molecule has 12 heteroatoms. The molecule has 5 heterocycles. The normalized spacial score (nSPS) is 18.6. The predicted molar refractivity (Wildman–Crippen MR) is 185 cm³/mol. The van der Waals surface area contributed by atoms with Crippen LogP contribution in [0.2, 0.25) is 0 Å². The van der Waals surface area contributed by atoms with Crippen LogP contribution in [-0.4, -0.2) is 56.6 Å². The first-order valence-electron chi connectivity index (χ1n) is 16.8. The first-order chi connectivity index (χ1) is 23.9. The zero-order valence-electron chi connectivity index (χ0n) is 28.7. The Morgan fingerprint density at radius 3 is 2.68 bits per heavy atom. The molecule has 0 amide bonds. The molecule has 0 saturated carbocycles. The number of aromatic nitrogens is 8. The first-order valence-corrected chi connectivity index (χ1v) is 16.8. The number of nitrogens with zero attached hydrogens (tertiary/aromatic N) is 7. The van der Waals surface area contributed by atoms with E-state index >= 15 is 4.39 Å². The molecule has 0 radical (unpaired) electrons. The van der Waals surface area contributed by atoms with Gasteiger partial charge in [0.1, 0.15) is 11.5 Å². The highest BCUT2D eigenvalue weighted by atomic mass is 19.1. The molecule has 6 aromatic rings. The van der Waals surface area contributed by atoms with Gasteiger partial charge in [0.2, 0.25) is 0 Å². The van der Waals surface area contributed by atoms with Crippen molar-refractivity contribution in [2.24, 2.45) is 7.05 Å². The second kappa shape index (κ2) is 12.4. The minimum absolute atomic E-state index is 0.0369. The number of hydrogen-bond acceptors (Lipinski definition) is 7. The summed E-state index contributed by atoms with van der Waals surface area (Å²) in [6.07, 6.45) is 8.35. The van der Waals surface area contributed by atoms with E-state index in [0.29, 0.717) is 40.4 Å². The molecule has 0 saturated heterocycles. The average Bonchev–Trinajstić information content (AvgIpc) is 3.86. The van der Waals surface area contributed by atoms with Crippen molar-refractivity contribution in [3.8, 4) is 11.5 Å². The van der Waals surface area contributed by atoms with Gasteiger partial charge in [0.15, 0.2) is 17.4 Å². The molecule has 6 bridgehead atoms. The van der Waals surface area contributed by atoms with Crippen LogP contribution in [0.1, 0.15) is 103 Å². The number of halogens is 1. The molecule has 256 valence electrons. The van der Waals surface area contributed by atoms with E-state index in [4.69, 9.17) is 10.1 Å². The lowest BCUT2D eigenvalue weighted by atomic mass is 9.75. The third kappa shape index (κ3) is 5.78. The van der Waals surface area contributed by atoms with Gasteiger partial charge in [-0.3, -0.25) is 14.6 Å². The number of carboxylic acid groups (broad SMARTS) is 1. The third-order valence-corrected chi connectivity index (χ3v) is 10.3. The Morgan fingerprint density at radius 2 is 1.88 bits per heavy atom. The largest absolute Gasteiger partial charge is 0.481 e. The smallest absolute Gasteiger partial charge is 0.310 e. The number of aliphatic carboxylic acids is 1. The van der Waals surface area contributed by atoms with E-state index in [1.807, 2.05) is 36.5 Å². The van der Waals surface area contributed by atoms with Gasteiger partial charge >= 0.3 is 5.97 Å². The maximum Gasteiger partial charge on any atom is 0.310 e. The summed E-state index contributed by atoms with van der Waals surface area (Å²) in [6, 6.07) is 14.0. The molecule has 50 heavy (non-hydrogen) atoms. The van der Waals surface area contributed by atoms with E-state index in [1.165, 1.54) is 12.3 Å². The highest BCUT2D eigenvalue weighted by Gasteiger charge is 2.35. The van der Waals surface area contributed by atoms with Crippen molar-refractivity contribution in [1.82, 2.24) is 39.7 Å². The van der Waals surface area contributed by atoms with Crippen LogP contribution in [-0.2, 0) is 29.2 Å². The van der Waals surface area contributed by atoms with Crippen LogP contribution in [0.25, 0.3) is 22.4 Å². The zero-order chi connectivity index (χ0) is 35.4. The van der Waals surface area contributed by atoms with Crippen LogP contribution in [0.3, 0.4) is 0 Å². The number of pyridine rings is 1. The van der Waals surface area contributed by atoms with Crippen molar-refractivity contribution < 1.29 is 19.1 Å². The topological polar surface area (TPSA) is 144 Å². The molecule has 0 fully saturated rings. The van der Waals surface area contributed by atoms with Crippen molar-refractivity contribution in [3.63, 3.8) is 0 Å². The van der Waals surface area contributed by atoms with Gasteiger partial charge in [0, 0.05) is 47.5 Å². The molecule has 0 aliphatic carbocycles. The Balaban J connectivity index is 1.39. The molecule has 7 rings (SSSR count). The van der Waals surface area contributed by atoms with Crippen LogP contribution in [0.15, 0.2) is 67.1 Å². The fraction of sp³-hybridized carbons (Fsp3) is 0.342. The number of H-pyrrole nitrogens is 1. The van der Waals surface area contributed by atoms with Gasteiger partial charge in [-0.1, -0.05) is 56.2 Å². The number of aryl methyl sites for hydroxylation is 1. The molecule has 2 aromatic carbocycles. The standard InChI is InChI=1S/C38H39FN8O3/c1-22(35(49)50)23-9-8-10-25(17-23)38(4)14-7-6-13-37(2,3)31-21-47(45-43-31)20-27-26-12-16-40-29(26)19-28(39)32(27)33(48)24-11-15-41-30(18-24)34-42-36(38)44-46(34)5/h8-12,15-19,21-22,40H,6-7,13-14,20H2,1-5H3,(H,49,50)/t22?,38-/m1/s1. The Morgan fingerprint density at radius 1 is 1.08 bits per heavy atom. The Kier molecular flexibility index (Phi) is 8.20. The number of carboxylic acids is 1. The van der Waals surface area contributed by atoms with E-state index in [9.17, 15) is 14.7 Å². The maximum atomic E-state index is 15.9. The van der Waals surface area contributed by atoms with Crippen molar-refractivity contribution in [2.45, 2.75) is 76.7 Å². The number of benzene rings is 2. The molecule has 2 atom stereocenters. The van der Waals surface area contributed by atoms with Gasteiger partial charge in [-0.25, -0.2) is 18.7 Å². The highest BCUT2D eigenvalue weighted by molar-refractivity contribution is 6.12. The fourth-order valence-corrected chi connectivity index (χ4v) is 7.03. The highest BCUT2D eigenvalue weighted by Crippen LogP contribution is 2.39. The fourth-order valence-electron chi connectivity index (χ4n) is 7.03. The zero-order valence-corrected chi connectivity index (χ0v) is 28.7. The molecule has 4 aromatic heterocycles. The monoisotopic (exact) mass is 674 g/mol. The number of carbonyl (C=O) groups excluding carboxylic acids is 1. The minimum Gasteiger partial charge on any atom is -0.481 e. The Labute approximate surface area is 288 Å². The van der Waals surface area contributed by atoms with E-state index < -0.39 is 28.9 Å². The van der Waals surface area contributed by atoms with E-state index in [1.54, 1.807) is 41.7 Å². The lowest BCUT2D eigenvalue weighted by Gasteiger charge is -2.29. The van der Waals surface area contributed by atoms with Crippen LogP contribution in [0.5, 0.6) is 0 Å². The van der Waals surface area contributed by atoms with E-state index in [0.717, 1.165) is 35.9 Å². The average molecular weight is 675 g/mol. The lowest BCUT2D eigenvalue weighted by Crippen LogP contribution is -2.26. The van der Waals surface area contributed by atoms with Crippen molar-refractivity contribution in [2.75, 3.05) is 0 Å². The quantitative estimate of drug-likeness (QED) is 0.211. The van der Waals surface area contributed by atoms with Crippen LogP contribution in [0.4, 0.5) is 4.39 Å².